The van der Waals surface area contributed by atoms with Crippen LogP contribution in [0.3, 0.4) is 0 Å². The van der Waals surface area contributed by atoms with E-state index in [0.717, 1.165) is 0 Å². The molecule has 5 nitrogen and oxygen atoms in total. The summed E-state index contributed by atoms with van der Waals surface area (Å²) in [6.07, 6.45) is 1.52. The largest absolute Gasteiger partial charge is 0.497 e. The number of hydrogen-bond acceptors (Lipinski definition) is 3. The Balaban J connectivity index is 2.48. The van der Waals surface area contributed by atoms with E-state index in [0.29, 0.717) is 17.0 Å². The van der Waals surface area contributed by atoms with Crippen molar-refractivity contribution >= 4 is 5.91 Å². The summed E-state index contributed by atoms with van der Waals surface area (Å²) < 4.78 is 6.48. The molecule has 0 saturated heterocycles. The number of ether oxygens (including phenoxy) is 1. The van der Waals surface area contributed by atoms with Gasteiger partial charge in [-0.15, -0.1) is 0 Å². The number of amides is 1. The highest BCUT2D eigenvalue weighted by molar-refractivity contribution is 5.93. The first kappa shape index (κ1) is 12.9. The zero-order valence-corrected chi connectivity index (χ0v) is 10.7. The van der Waals surface area contributed by atoms with E-state index in [4.69, 9.17) is 4.74 Å². The van der Waals surface area contributed by atoms with Crippen LogP contribution < -0.4 is 15.6 Å². The lowest BCUT2D eigenvalue weighted by Crippen LogP contribution is -2.23. The van der Waals surface area contributed by atoms with E-state index in [1.807, 2.05) is 0 Å². The van der Waals surface area contributed by atoms with Crippen LogP contribution in [0.5, 0.6) is 5.75 Å². The fourth-order valence-corrected chi connectivity index (χ4v) is 1.71. The molecule has 0 aliphatic heterocycles. The van der Waals surface area contributed by atoms with Gasteiger partial charge in [0.25, 0.3) is 11.5 Å². The van der Waals surface area contributed by atoms with Gasteiger partial charge in [-0.3, -0.25) is 14.2 Å². The minimum Gasteiger partial charge on any atom is -0.497 e. The molecule has 0 bridgehead atoms. The molecule has 1 amide bonds. The number of carbonyl (C=O) groups excluding carboxylic acids is 1. The average Bonchev–Trinajstić information content (AvgIpc) is 2.47. The Kier molecular flexibility index (Phi) is 3.66. The van der Waals surface area contributed by atoms with Crippen molar-refractivity contribution in [2.45, 2.75) is 0 Å². The van der Waals surface area contributed by atoms with E-state index in [-0.39, 0.29) is 11.5 Å². The second kappa shape index (κ2) is 5.39. The van der Waals surface area contributed by atoms with Gasteiger partial charge in [0.2, 0.25) is 0 Å². The van der Waals surface area contributed by atoms with E-state index in [9.17, 15) is 9.59 Å². The van der Waals surface area contributed by atoms with Crippen LogP contribution >= 0.6 is 0 Å². The monoisotopic (exact) mass is 258 g/mol. The summed E-state index contributed by atoms with van der Waals surface area (Å²) in [5.41, 5.74) is 0.910. The molecule has 0 aliphatic carbocycles. The highest BCUT2D eigenvalue weighted by atomic mass is 16.5. The van der Waals surface area contributed by atoms with Crippen LogP contribution in [0.2, 0.25) is 0 Å². The Hall–Kier alpha value is -2.56. The van der Waals surface area contributed by atoms with Gasteiger partial charge in [-0.2, -0.15) is 0 Å². The number of nitrogens with one attached hydrogen (secondary N) is 1. The standard InChI is InChI=1S/C14H14N2O3/c1-15-14(18)10-3-8-13(17)16(9-10)11-4-6-12(19-2)7-5-11/h3-9H,1-2H3,(H,15,18). The summed E-state index contributed by atoms with van der Waals surface area (Å²) >= 11 is 0. The molecule has 1 aromatic heterocycles. The summed E-state index contributed by atoms with van der Waals surface area (Å²) in [6.45, 7) is 0. The van der Waals surface area contributed by atoms with Crippen molar-refractivity contribution in [2.24, 2.45) is 0 Å². The van der Waals surface area contributed by atoms with Crippen LogP contribution in [0.15, 0.2) is 47.4 Å². The predicted molar refractivity (Wildman–Crippen MR) is 72.0 cm³/mol. The molecular formula is C14H14N2O3. The molecule has 0 unspecified atom stereocenters. The second-order valence-electron chi connectivity index (χ2n) is 3.90. The topological polar surface area (TPSA) is 60.3 Å². The number of hydrogen-bond donors (Lipinski definition) is 1. The quantitative estimate of drug-likeness (QED) is 0.900. The molecule has 2 rings (SSSR count). The third kappa shape index (κ3) is 2.65. The fourth-order valence-electron chi connectivity index (χ4n) is 1.71. The SMILES string of the molecule is CNC(=O)c1ccc(=O)n(-c2ccc(OC)cc2)c1. The summed E-state index contributed by atoms with van der Waals surface area (Å²) in [6, 6.07) is 9.90. The van der Waals surface area contributed by atoms with Gasteiger partial charge >= 0.3 is 0 Å². The van der Waals surface area contributed by atoms with Crippen LogP contribution in [0.25, 0.3) is 5.69 Å². The first-order valence-corrected chi connectivity index (χ1v) is 5.75. The molecular weight excluding hydrogens is 244 g/mol. The molecule has 5 heteroatoms. The van der Waals surface area contributed by atoms with E-state index < -0.39 is 0 Å². The molecule has 1 heterocycles. The summed E-state index contributed by atoms with van der Waals surface area (Å²) in [4.78, 5) is 23.4. The third-order valence-corrected chi connectivity index (χ3v) is 2.75. The number of pyridine rings is 1. The zero-order chi connectivity index (χ0) is 13.8. The molecule has 2 aromatic rings. The van der Waals surface area contributed by atoms with E-state index in [1.54, 1.807) is 38.4 Å². The van der Waals surface area contributed by atoms with Gasteiger partial charge < -0.3 is 10.1 Å². The van der Waals surface area contributed by atoms with Crippen LogP contribution in [0.1, 0.15) is 10.4 Å². The highest BCUT2D eigenvalue weighted by Crippen LogP contribution is 2.13. The minimum atomic E-state index is -0.234. The molecule has 0 atom stereocenters. The van der Waals surface area contributed by atoms with Crippen molar-refractivity contribution in [2.75, 3.05) is 14.2 Å². The van der Waals surface area contributed by atoms with Gasteiger partial charge in [0.15, 0.2) is 0 Å². The molecule has 1 N–H and O–H groups in total. The van der Waals surface area contributed by atoms with Crippen LogP contribution in [0, 0.1) is 0 Å². The van der Waals surface area contributed by atoms with Crippen molar-refractivity contribution < 1.29 is 9.53 Å². The van der Waals surface area contributed by atoms with Crippen molar-refractivity contribution in [1.29, 1.82) is 0 Å². The van der Waals surface area contributed by atoms with E-state index >= 15 is 0 Å². The Morgan fingerprint density at radius 2 is 1.84 bits per heavy atom. The molecule has 19 heavy (non-hydrogen) atoms. The van der Waals surface area contributed by atoms with Gasteiger partial charge in [0, 0.05) is 25.0 Å². The Morgan fingerprint density at radius 3 is 2.42 bits per heavy atom. The van der Waals surface area contributed by atoms with Crippen LogP contribution in [0.4, 0.5) is 0 Å². The lowest BCUT2D eigenvalue weighted by molar-refractivity contribution is 0.0962. The predicted octanol–water partition coefficient (Wildman–Crippen LogP) is 1.21. The van der Waals surface area contributed by atoms with Crippen molar-refractivity contribution in [3.05, 3.63) is 58.5 Å². The van der Waals surface area contributed by atoms with E-state index in [1.165, 1.54) is 22.9 Å². The first-order valence-electron chi connectivity index (χ1n) is 5.75. The smallest absolute Gasteiger partial charge is 0.255 e. The average molecular weight is 258 g/mol. The normalized spacial score (nSPS) is 10.0. The van der Waals surface area contributed by atoms with Crippen LogP contribution in [-0.4, -0.2) is 24.6 Å². The van der Waals surface area contributed by atoms with Gasteiger partial charge in [0.05, 0.1) is 12.7 Å². The number of methoxy groups -OCH3 is 1. The summed E-state index contributed by atoms with van der Waals surface area (Å²) in [5.74, 6) is 0.474. The van der Waals surface area contributed by atoms with E-state index in [2.05, 4.69) is 5.32 Å². The third-order valence-electron chi connectivity index (χ3n) is 2.75. The van der Waals surface area contributed by atoms with Gasteiger partial charge in [0.1, 0.15) is 5.75 Å². The highest BCUT2D eigenvalue weighted by Gasteiger charge is 2.06. The number of carbonyl (C=O) groups is 1. The summed E-state index contributed by atoms with van der Waals surface area (Å²) in [5, 5.41) is 2.52. The van der Waals surface area contributed by atoms with Crippen molar-refractivity contribution in [1.82, 2.24) is 9.88 Å². The second-order valence-corrected chi connectivity index (χ2v) is 3.90. The molecule has 1 aromatic carbocycles. The van der Waals surface area contributed by atoms with Gasteiger partial charge in [-0.1, -0.05) is 0 Å². The lowest BCUT2D eigenvalue weighted by atomic mass is 10.2. The Morgan fingerprint density at radius 1 is 1.16 bits per heavy atom. The number of nitrogens with zero attached hydrogens (tertiary/aromatic N) is 1. The maximum Gasteiger partial charge on any atom is 0.255 e. The molecule has 0 aliphatic rings. The first-order chi connectivity index (χ1) is 9.15. The lowest BCUT2D eigenvalue weighted by Gasteiger charge is -2.08. The minimum absolute atomic E-state index is 0.196. The number of benzene rings is 1. The molecule has 0 saturated carbocycles. The van der Waals surface area contributed by atoms with Crippen molar-refractivity contribution in [3.63, 3.8) is 0 Å². The fraction of sp³-hybridized carbons (Fsp3) is 0.143. The molecule has 0 fully saturated rings. The van der Waals surface area contributed by atoms with Gasteiger partial charge in [-0.25, -0.2) is 0 Å². The van der Waals surface area contributed by atoms with Crippen LogP contribution in [-0.2, 0) is 0 Å². The Labute approximate surface area is 110 Å². The number of rotatable bonds is 3. The molecule has 0 radical (unpaired) electrons. The summed E-state index contributed by atoms with van der Waals surface area (Å²) in [7, 11) is 3.12. The molecule has 0 spiro atoms. The Bertz CT molecular complexity index is 644. The van der Waals surface area contributed by atoms with Crippen molar-refractivity contribution in [3.8, 4) is 11.4 Å². The molecule has 98 valence electrons. The maximum absolute atomic E-state index is 11.8. The van der Waals surface area contributed by atoms with Gasteiger partial charge in [-0.05, 0) is 30.3 Å². The zero-order valence-electron chi connectivity index (χ0n) is 10.7. The number of aromatic nitrogens is 1. The maximum atomic E-state index is 11.8.